The van der Waals surface area contributed by atoms with Gasteiger partial charge < -0.3 is 0 Å². The summed E-state index contributed by atoms with van der Waals surface area (Å²) < 4.78 is 14.6. The van der Waals surface area contributed by atoms with E-state index in [0.717, 1.165) is 5.75 Å². The molecular weight excluding hydrogens is 375 g/mol. The van der Waals surface area contributed by atoms with Crippen LogP contribution in [0.2, 0.25) is 5.02 Å². The molecule has 1 N–H and O–H groups in total. The van der Waals surface area contributed by atoms with Crippen molar-refractivity contribution in [2.24, 2.45) is 10.1 Å². The van der Waals surface area contributed by atoms with Gasteiger partial charge in [0.2, 0.25) is 0 Å². The van der Waals surface area contributed by atoms with E-state index in [1.807, 2.05) is 19.1 Å². The van der Waals surface area contributed by atoms with Crippen LogP contribution in [0, 0.1) is 5.82 Å². The number of carbonyl (C=O) groups excluding carboxylic acids is 1. The highest BCUT2D eigenvalue weighted by molar-refractivity contribution is 8.13. The van der Waals surface area contributed by atoms with Crippen molar-refractivity contribution in [3.63, 3.8) is 0 Å². The van der Waals surface area contributed by atoms with Crippen LogP contribution in [-0.4, -0.2) is 21.8 Å². The largest absolute Gasteiger partial charge is 0.298 e. The average molecular weight is 389 g/mol. The molecule has 0 aromatic heterocycles. The zero-order valence-electron chi connectivity index (χ0n) is 13.7. The zero-order valence-corrected chi connectivity index (χ0v) is 15.3. The van der Waals surface area contributed by atoms with E-state index in [2.05, 4.69) is 15.4 Å². The summed E-state index contributed by atoms with van der Waals surface area (Å²) in [7, 11) is 0. The van der Waals surface area contributed by atoms with Gasteiger partial charge >= 0.3 is 0 Å². The summed E-state index contributed by atoms with van der Waals surface area (Å²) in [5.41, 5.74) is 0.529. The van der Waals surface area contributed by atoms with Gasteiger partial charge in [-0.1, -0.05) is 54.6 Å². The van der Waals surface area contributed by atoms with E-state index >= 15 is 0 Å². The van der Waals surface area contributed by atoms with Crippen LogP contribution in [-0.2, 0) is 4.79 Å². The van der Waals surface area contributed by atoms with E-state index in [1.165, 1.54) is 28.9 Å². The highest BCUT2D eigenvalue weighted by Gasteiger charge is 2.36. The molecular formula is C18H14ClFN4OS. The second-order valence-electron chi connectivity index (χ2n) is 5.64. The zero-order chi connectivity index (χ0) is 18.3. The second kappa shape index (κ2) is 6.74. The van der Waals surface area contributed by atoms with Gasteiger partial charge in [0, 0.05) is 5.22 Å². The maximum atomic E-state index is 14.6. The predicted octanol–water partition coefficient (Wildman–Crippen LogP) is 2.38. The van der Waals surface area contributed by atoms with Crippen LogP contribution in [0.3, 0.4) is 0 Å². The Balaban J connectivity index is 2.00. The molecule has 2 aromatic carbocycles. The summed E-state index contributed by atoms with van der Waals surface area (Å²) in [5, 5.41) is 10.7. The fraction of sp³-hybridized carbons (Fsp3) is 0.167. The van der Waals surface area contributed by atoms with Crippen molar-refractivity contribution in [3.05, 3.63) is 69.4 Å². The van der Waals surface area contributed by atoms with Crippen molar-refractivity contribution in [2.75, 3.05) is 5.75 Å². The molecule has 2 heterocycles. The van der Waals surface area contributed by atoms with E-state index in [0.29, 0.717) is 21.4 Å². The lowest BCUT2D eigenvalue weighted by Crippen LogP contribution is -2.50. The Morgan fingerprint density at radius 1 is 1.27 bits per heavy atom. The quantitative estimate of drug-likeness (QED) is 0.859. The van der Waals surface area contributed by atoms with Crippen LogP contribution >= 0.6 is 23.4 Å². The number of hydrogen-bond acceptors (Lipinski definition) is 5. The van der Waals surface area contributed by atoms with Crippen LogP contribution in [0.15, 0.2) is 52.6 Å². The van der Waals surface area contributed by atoms with Crippen molar-refractivity contribution >= 4 is 40.1 Å². The number of amides is 1. The molecule has 8 heteroatoms. The van der Waals surface area contributed by atoms with Crippen molar-refractivity contribution in [1.82, 2.24) is 10.3 Å². The monoisotopic (exact) mass is 388 g/mol. The maximum Gasteiger partial charge on any atom is 0.276 e. The normalized spacial score (nSPS) is 18.5. The highest BCUT2D eigenvalue weighted by Crippen LogP contribution is 2.35. The number of nitrogens with one attached hydrogen (secondary N) is 1. The number of hydrogen-bond donors (Lipinski definition) is 1. The number of carbonyl (C=O) groups is 1. The first kappa shape index (κ1) is 17.1. The third-order valence-corrected chi connectivity index (χ3v) is 5.13. The first-order valence-electron chi connectivity index (χ1n) is 8.03. The van der Waals surface area contributed by atoms with E-state index in [1.54, 1.807) is 18.2 Å². The van der Waals surface area contributed by atoms with Gasteiger partial charge in [-0.25, -0.2) is 9.40 Å². The molecule has 0 saturated carbocycles. The van der Waals surface area contributed by atoms with Gasteiger partial charge in [-0.3, -0.25) is 15.1 Å². The van der Waals surface area contributed by atoms with Crippen LogP contribution in [0.25, 0.3) is 5.70 Å². The number of benzene rings is 2. The minimum atomic E-state index is -0.855. The summed E-state index contributed by atoms with van der Waals surface area (Å²) in [6.45, 7) is 1.96. The Morgan fingerprint density at radius 3 is 2.85 bits per heavy atom. The molecule has 0 radical (unpaired) electrons. The van der Waals surface area contributed by atoms with Gasteiger partial charge in [-0.15, -0.1) is 5.10 Å². The lowest BCUT2D eigenvalue weighted by atomic mass is 10.1. The van der Waals surface area contributed by atoms with Crippen molar-refractivity contribution in [3.8, 4) is 0 Å². The molecule has 0 spiro atoms. The standard InChI is InChI=1S/C18H14ClFN4OS/c1-2-26-18-22-17(25)15-10-6-3-4-9-13(10)21-16(24(15)23-18)14-11(19)7-5-8-12(14)20/h3-9,16H,2H2,1H3,(H,22,23,25)/t16-/m1/s1. The minimum Gasteiger partial charge on any atom is -0.298 e. The smallest absolute Gasteiger partial charge is 0.276 e. The average Bonchev–Trinajstić information content (AvgIpc) is 2.61. The highest BCUT2D eigenvalue weighted by atomic mass is 35.5. The first-order chi connectivity index (χ1) is 12.6. The molecule has 132 valence electrons. The van der Waals surface area contributed by atoms with E-state index in [4.69, 9.17) is 11.6 Å². The number of thioether (sulfide) groups is 1. The lowest BCUT2D eigenvalue weighted by molar-refractivity contribution is -0.116. The molecule has 0 saturated heterocycles. The van der Waals surface area contributed by atoms with Gasteiger partial charge in [0.25, 0.3) is 5.91 Å². The number of nitrogens with zero attached hydrogens (tertiary/aromatic N) is 3. The van der Waals surface area contributed by atoms with E-state index in [-0.39, 0.29) is 16.5 Å². The van der Waals surface area contributed by atoms with Crippen molar-refractivity contribution in [2.45, 2.75) is 13.1 Å². The number of rotatable bonds is 2. The lowest BCUT2D eigenvalue weighted by Gasteiger charge is -2.34. The molecule has 1 amide bonds. The summed E-state index contributed by atoms with van der Waals surface area (Å²) >= 11 is 7.66. The summed E-state index contributed by atoms with van der Waals surface area (Å²) in [4.78, 5) is 17.4. The summed E-state index contributed by atoms with van der Waals surface area (Å²) in [6, 6.07) is 11.7. The molecule has 2 aliphatic rings. The Kier molecular flexibility index (Phi) is 4.42. The van der Waals surface area contributed by atoms with Gasteiger partial charge in [0.05, 0.1) is 15.9 Å². The molecule has 2 aromatic rings. The number of fused-ring (bicyclic) bond motifs is 2. The van der Waals surface area contributed by atoms with Crippen LogP contribution < -0.4 is 15.9 Å². The maximum absolute atomic E-state index is 14.6. The number of hydrazone groups is 1. The number of halogens is 2. The van der Waals surface area contributed by atoms with Crippen LogP contribution in [0.1, 0.15) is 18.7 Å². The summed E-state index contributed by atoms with van der Waals surface area (Å²) in [6.07, 6.45) is -0.855. The van der Waals surface area contributed by atoms with Crippen LogP contribution in [0.5, 0.6) is 0 Å². The third-order valence-electron chi connectivity index (χ3n) is 4.05. The Bertz CT molecular complexity index is 1040. The molecule has 0 aliphatic carbocycles. The van der Waals surface area contributed by atoms with Gasteiger partial charge in [-0.2, -0.15) is 0 Å². The Hall–Kier alpha value is -2.38. The van der Waals surface area contributed by atoms with Crippen molar-refractivity contribution in [1.29, 1.82) is 0 Å². The van der Waals surface area contributed by atoms with E-state index in [9.17, 15) is 9.18 Å². The second-order valence-corrected chi connectivity index (χ2v) is 7.30. The molecule has 0 fully saturated rings. The molecule has 0 bridgehead atoms. The van der Waals surface area contributed by atoms with Gasteiger partial charge in [0.1, 0.15) is 11.5 Å². The predicted molar refractivity (Wildman–Crippen MR) is 100 cm³/mol. The molecule has 2 aliphatic heterocycles. The molecule has 0 unspecified atom stereocenters. The van der Waals surface area contributed by atoms with Crippen molar-refractivity contribution < 1.29 is 9.18 Å². The number of amidine groups is 1. The topological polar surface area (TPSA) is 57.1 Å². The Morgan fingerprint density at radius 2 is 2.08 bits per heavy atom. The third kappa shape index (κ3) is 2.77. The van der Waals surface area contributed by atoms with Gasteiger partial charge in [-0.05, 0) is 24.0 Å². The Labute approximate surface area is 158 Å². The fourth-order valence-electron chi connectivity index (χ4n) is 2.97. The molecule has 26 heavy (non-hydrogen) atoms. The van der Waals surface area contributed by atoms with Gasteiger partial charge in [0.15, 0.2) is 11.3 Å². The first-order valence-corrected chi connectivity index (χ1v) is 9.39. The fourth-order valence-corrected chi connectivity index (χ4v) is 3.82. The molecule has 4 rings (SSSR count). The summed E-state index contributed by atoms with van der Waals surface area (Å²) in [5.74, 6) is -0.0483. The van der Waals surface area contributed by atoms with Crippen LogP contribution in [0.4, 0.5) is 4.39 Å². The number of para-hydroxylation sites is 1. The minimum absolute atomic E-state index is 0.195. The molecule has 5 nitrogen and oxygen atoms in total. The SMILES string of the molecule is CCSC1=NN2C(=c3ccccc3=N[C@H]2c2c(F)cccc2Cl)C(=O)N1. The van der Waals surface area contributed by atoms with E-state index < -0.39 is 12.0 Å². The molecule has 1 atom stereocenters.